The molecule has 4 heteroatoms. The number of hydrogen-bond donors (Lipinski definition) is 1. The molecule has 2 N–H and O–H groups in total. The van der Waals surface area contributed by atoms with Crippen molar-refractivity contribution in [3.05, 3.63) is 65.7 Å². The van der Waals surface area contributed by atoms with E-state index in [1.807, 2.05) is 38.1 Å². The number of nitrogens with two attached hydrogens (primary N) is 1. The zero-order valence-electron chi connectivity index (χ0n) is 12.1. The van der Waals surface area contributed by atoms with E-state index in [1.54, 1.807) is 12.1 Å². The van der Waals surface area contributed by atoms with Gasteiger partial charge >= 0.3 is 0 Å². The molecule has 0 spiro atoms. The number of hydrogen-bond acceptors (Lipinski definition) is 4. The lowest BCUT2D eigenvalue weighted by Crippen LogP contribution is -2.03. The SMILES string of the molecule is C=CC(=O)c1c(C)ccc(N=Nc2ccc(C)cc2)c1N. The van der Waals surface area contributed by atoms with Crippen LogP contribution < -0.4 is 5.73 Å². The van der Waals surface area contributed by atoms with Gasteiger partial charge in [-0.15, -0.1) is 5.11 Å². The highest BCUT2D eigenvalue weighted by atomic mass is 16.1. The highest BCUT2D eigenvalue weighted by molar-refractivity contribution is 6.10. The van der Waals surface area contributed by atoms with Crippen LogP contribution in [0.1, 0.15) is 21.5 Å². The van der Waals surface area contributed by atoms with Crippen molar-refractivity contribution in [3.8, 4) is 0 Å². The first-order valence-electron chi connectivity index (χ1n) is 6.57. The number of aryl methyl sites for hydroxylation is 2. The van der Waals surface area contributed by atoms with Crippen molar-refractivity contribution in [1.29, 1.82) is 0 Å². The number of nitrogens with zero attached hydrogens (tertiary/aromatic N) is 2. The van der Waals surface area contributed by atoms with Gasteiger partial charge in [0.1, 0.15) is 5.69 Å². The summed E-state index contributed by atoms with van der Waals surface area (Å²) in [5.41, 5.74) is 9.96. The van der Waals surface area contributed by atoms with Crippen molar-refractivity contribution in [1.82, 2.24) is 0 Å². The average Bonchev–Trinajstić information content (AvgIpc) is 2.48. The standard InChI is InChI=1S/C17H17N3O/c1-4-15(21)16-12(3)7-10-14(17(16)18)20-19-13-8-5-11(2)6-9-13/h4-10H,1,18H2,2-3H3. The molecule has 0 saturated carbocycles. The zero-order valence-corrected chi connectivity index (χ0v) is 12.1. The predicted octanol–water partition coefficient (Wildman–Crippen LogP) is 4.67. The first kappa shape index (κ1) is 14.7. The number of carbonyl (C=O) groups is 1. The van der Waals surface area contributed by atoms with Crippen LogP contribution in [0.15, 0.2) is 59.3 Å². The lowest BCUT2D eigenvalue weighted by molar-refractivity contribution is 0.104. The van der Waals surface area contributed by atoms with Crippen LogP contribution in [-0.2, 0) is 0 Å². The summed E-state index contributed by atoms with van der Waals surface area (Å²) in [6, 6.07) is 11.2. The molecule has 21 heavy (non-hydrogen) atoms. The van der Waals surface area contributed by atoms with E-state index in [-0.39, 0.29) is 5.78 Å². The second-order valence-electron chi connectivity index (χ2n) is 4.79. The summed E-state index contributed by atoms with van der Waals surface area (Å²) >= 11 is 0. The molecule has 0 aromatic heterocycles. The second-order valence-corrected chi connectivity index (χ2v) is 4.79. The van der Waals surface area contributed by atoms with E-state index < -0.39 is 0 Å². The van der Waals surface area contributed by atoms with E-state index in [9.17, 15) is 4.79 Å². The molecule has 2 rings (SSSR count). The summed E-state index contributed by atoms with van der Waals surface area (Å²) in [6.45, 7) is 7.32. The summed E-state index contributed by atoms with van der Waals surface area (Å²) in [7, 11) is 0. The largest absolute Gasteiger partial charge is 0.396 e. The van der Waals surface area contributed by atoms with Crippen LogP contribution in [-0.4, -0.2) is 5.78 Å². The molecule has 106 valence electrons. The van der Waals surface area contributed by atoms with E-state index in [2.05, 4.69) is 16.8 Å². The minimum Gasteiger partial charge on any atom is -0.396 e. The van der Waals surface area contributed by atoms with Crippen LogP contribution in [0.3, 0.4) is 0 Å². The molecular formula is C17H17N3O. The molecule has 0 heterocycles. The minimum absolute atomic E-state index is 0.211. The van der Waals surface area contributed by atoms with Crippen LogP contribution in [0.4, 0.5) is 17.1 Å². The monoisotopic (exact) mass is 279 g/mol. The smallest absolute Gasteiger partial charge is 0.187 e. The maximum atomic E-state index is 11.8. The fraction of sp³-hybridized carbons (Fsp3) is 0.118. The predicted molar refractivity (Wildman–Crippen MR) is 85.5 cm³/mol. The molecule has 2 aromatic carbocycles. The van der Waals surface area contributed by atoms with Crippen LogP contribution in [0.25, 0.3) is 0 Å². The third-order valence-electron chi connectivity index (χ3n) is 3.17. The van der Waals surface area contributed by atoms with Crippen molar-refractivity contribution < 1.29 is 4.79 Å². The Morgan fingerprint density at radius 2 is 1.76 bits per heavy atom. The zero-order chi connectivity index (χ0) is 15.4. The number of anilines is 1. The number of benzene rings is 2. The first-order chi connectivity index (χ1) is 10.0. The maximum absolute atomic E-state index is 11.8. The summed E-state index contributed by atoms with van der Waals surface area (Å²) in [4.78, 5) is 11.8. The number of allylic oxidation sites excluding steroid dienone is 1. The van der Waals surface area contributed by atoms with Crippen LogP contribution in [0, 0.1) is 13.8 Å². The van der Waals surface area contributed by atoms with Gasteiger partial charge in [0.25, 0.3) is 0 Å². The third-order valence-corrected chi connectivity index (χ3v) is 3.17. The van der Waals surface area contributed by atoms with E-state index >= 15 is 0 Å². The molecule has 0 bridgehead atoms. The molecule has 0 unspecified atom stereocenters. The fourth-order valence-corrected chi connectivity index (χ4v) is 1.96. The Labute approximate surface area is 124 Å². The van der Waals surface area contributed by atoms with Gasteiger partial charge in [-0.05, 0) is 43.7 Å². The maximum Gasteiger partial charge on any atom is 0.187 e. The number of azo groups is 1. The van der Waals surface area contributed by atoms with E-state index in [4.69, 9.17) is 5.73 Å². The van der Waals surface area contributed by atoms with Gasteiger partial charge in [-0.3, -0.25) is 4.79 Å². The average molecular weight is 279 g/mol. The molecule has 4 nitrogen and oxygen atoms in total. The summed E-state index contributed by atoms with van der Waals surface area (Å²) in [5.74, 6) is -0.211. The third kappa shape index (κ3) is 3.23. The molecule has 0 saturated heterocycles. The lowest BCUT2D eigenvalue weighted by Gasteiger charge is -2.08. The summed E-state index contributed by atoms with van der Waals surface area (Å²) < 4.78 is 0. The van der Waals surface area contributed by atoms with Crippen LogP contribution >= 0.6 is 0 Å². The molecule has 0 fully saturated rings. The number of nitrogen functional groups attached to an aromatic ring is 1. The van der Waals surface area contributed by atoms with Gasteiger partial charge in [0, 0.05) is 5.56 Å². The van der Waals surface area contributed by atoms with Gasteiger partial charge in [0.2, 0.25) is 0 Å². The van der Waals surface area contributed by atoms with Crippen LogP contribution in [0.5, 0.6) is 0 Å². The van der Waals surface area contributed by atoms with Gasteiger partial charge in [-0.25, -0.2) is 0 Å². The number of ketones is 1. The molecular weight excluding hydrogens is 262 g/mol. The Morgan fingerprint density at radius 3 is 2.38 bits per heavy atom. The summed E-state index contributed by atoms with van der Waals surface area (Å²) in [5, 5.41) is 8.28. The molecule has 0 atom stereocenters. The highest BCUT2D eigenvalue weighted by Gasteiger charge is 2.13. The molecule has 0 aliphatic carbocycles. The summed E-state index contributed by atoms with van der Waals surface area (Å²) in [6.07, 6.45) is 1.25. The minimum atomic E-state index is -0.211. The van der Waals surface area contributed by atoms with E-state index in [0.29, 0.717) is 16.9 Å². The highest BCUT2D eigenvalue weighted by Crippen LogP contribution is 2.30. The normalized spacial score (nSPS) is 10.8. The van der Waals surface area contributed by atoms with Crippen molar-refractivity contribution in [3.63, 3.8) is 0 Å². The van der Waals surface area contributed by atoms with Crippen LogP contribution in [0.2, 0.25) is 0 Å². The molecule has 0 aliphatic rings. The molecule has 2 aromatic rings. The van der Waals surface area contributed by atoms with Gasteiger partial charge in [0.15, 0.2) is 5.78 Å². The Morgan fingerprint density at radius 1 is 1.10 bits per heavy atom. The first-order valence-corrected chi connectivity index (χ1v) is 6.57. The van der Waals surface area contributed by atoms with Gasteiger partial charge in [0.05, 0.1) is 11.4 Å². The Bertz CT molecular complexity index is 716. The van der Waals surface area contributed by atoms with E-state index in [0.717, 1.165) is 16.8 Å². The molecule has 0 amide bonds. The fourth-order valence-electron chi connectivity index (χ4n) is 1.96. The Balaban J connectivity index is 2.39. The number of rotatable bonds is 4. The van der Waals surface area contributed by atoms with Gasteiger partial charge in [-0.1, -0.05) is 30.3 Å². The van der Waals surface area contributed by atoms with Crippen molar-refractivity contribution in [2.45, 2.75) is 13.8 Å². The topological polar surface area (TPSA) is 67.8 Å². The quantitative estimate of drug-likeness (QED) is 0.382. The Kier molecular flexibility index (Phi) is 4.28. The van der Waals surface area contributed by atoms with Crippen molar-refractivity contribution >= 4 is 22.8 Å². The van der Waals surface area contributed by atoms with E-state index in [1.165, 1.54) is 6.08 Å². The van der Waals surface area contributed by atoms with Crippen molar-refractivity contribution in [2.75, 3.05) is 5.73 Å². The van der Waals surface area contributed by atoms with Gasteiger partial charge in [-0.2, -0.15) is 5.11 Å². The Hall–Kier alpha value is -2.75. The lowest BCUT2D eigenvalue weighted by atomic mass is 10.0. The molecule has 0 radical (unpaired) electrons. The molecule has 0 aliphatic heterocycles. The number of carbonyl (C=O) groups excluding carboxylic acids is 1. The van der Waals surface area contributed by atoms with Crippen molar-refractivity contribution in [2.24, 2.45) is 10.2 Å². The second kappa shape index (κ2) is 6.13. The van der Waals surface area contributed by atoms with Gasteiger partial charge < -0.3 is 5.73 Å².